The Kier molecular flexibility index (Phi) is 5.13. The van der Waals surface area contributed by atoms with Crippen molar-refractivity contribution >= 4 is 17.2 Å². The van der Waals surface area contributed by atoms with E-state index in [4.69, 9.17) is 5.73 Å². The highest BCUT2D eigenvalue weighted by molar-refractivity contribution is 7.09. The Hall–Kier alpha value is -0.940. The smallest absolute Gasteiger partial charge is 0.220 e. The van der Waals surface area contributed by atoms with Gasteiger partial charge in [0.2, 0.25) is 5.91 Å². The number of hydrogen-bond donors (Lipinski definition) is 2. The van der Waals surface area contributed by atoms with Crippen LogP contribution in [0, 0.1) is 0 Å². The Morgan fingerprint density at radius 3 is 2.94 bits per heavy atom. The van der Waals surface area contributed by atoms with Crippen LogP contribution in [0.5, 0.6) is 0 Å². The lowest BCUT2D eigenvalue weighted by molar-refractivity contribution is -0.121. The summed E-state index contributed by atoms with van der Waals surface area (Å²) in [5.74, 6) is 0.162. The fraction of sp³-hybridized carbons (Fsp3) is 0.692. The number of amides is 1. The molecular formula is C13H21N3OS. The van der Waals surface area contributed by atoms with Crippen molar-refractivity contribution in [3.8, 4) is 0 Å². The molecular weight excluding hydrogens is 246 g/mol. The van der Waals surface area contributed by atoms with Gasteiger partial charge in [-0.05, 0) is 25.8 Å². The number of nitrogens with two attached hydrogens (primary N) is 1. The zero-order chi connectivity index (χ0) is 12.8. The number of aryl methyl sites for hydroxylation is 1. The van der Waals surface area contributed by atoms with E-state index in [9.17, 15) is 4.79 Å². The molecule has 1 aromatic rings. The normalized spacial score (nSPS) is 16.1. The second-order valence-corrected chi connectivity index (χ2v) is 5.76. The van der Waals surface area contributed by atoms with Gasteiger partial charge in [-0.2, -0.15) is 0 Å². The zero-order valence-electron chi connectivity index (χ0n) is 10.7. The molecule has 0 aliphatic heterocycles. The van der Waals surface area contributed by atoms with Crippen molar-refractivity contribution in [3.63, 3.8) is 0 Å². The van der Waals surface area contributed by atoms with Crippen molar-refractivity contribution in [1.82, 2.24) is 10.3 Å². The summed E-state index contributed by atoms with van der Waals surface area (Å²) in [7, 11) is 0. The predicted octanol–water partition coefficient (Wildman–Crippen LogP) is 1.64. The molecule has 5 heteroatoms. The molecule has 0 atom stereocenters. The molecule has 1 heterocycles. The molecule has 2 rings (SSSR count). The van der Waals surface area contributed by atoms with E-state index in [2.05, 4.69) is 10.3 Å². The Bertz CT molecular complexity index is 385. The predicted molar refractivity (Wildman–Crippen MR) is 73.6 cm³/mol. The summed E-state index contributed by atoms with van der Waals surface area (Å²) < 4.78 is 0. The van der Waals surface area contributed by atoms with Crippen LogP contribution in [0.3, 0.4) is 0 Å². The maximum absolute atomic E-state index is 11.7. The first-order chi connectivity index (χ1) is 8.78. The minimum Gasteiger partial charge on any atom is -0.353 e. The summed E-state index contributed by atoms with van der Waals surface area (Å²) in [6.07, 6.45) is 6.89. The van der Waals surface area contributed by atoms with Gasteiger partial charge in [0.1, 0.15) is 0 Å². The molecule has 1 aliphatic rings. The number of carbonyl (C=O) groups is 1. The molecule has 0 saturated heterocycles. The fourth-order valence-corrected chi connectivity index (χ4v) is 3.16. The van der Waals surface area contributed by atoms with Crippen LogP contribution in [0.1, 0.15) is 42.8 Å². The van der Waals surface area contributed by atoms with Crippen LogP contribution in [-0.2, 0) is 17.6 Å². The number of rotatable bonds is 6. The molecule has 1 aliphatic carbocycles. The quantitative estimate of drug-likeness (QED) is 0.823. The first-order valence-corrected chi connectivity index (χ1v) is 7.58. The number of nitrogens with one attached hydrogen (secondary N) is 1. The van der Waals surface area contributed by atoms with E-state index in [0.717, 1.165) is 36.4 Å². The van der Waals surface area contributed by atoms with Crippen LogP contribution in [0.4, 0.5) is 0 Å². The van der Waals surface area contributed by atoms with Crippen molar-refractivity contribution < 1.29 is 4.79 Å². The second-order valence-electron chi connectivity index (χ2n) is 4.82. The maximum atomic E-state index is 11.7. The lowest BCUT2D eigenvalue weighted by Gasteiger charge is -2.11. The van der Waals surface area contributed by atoms with Gasteiger partial charge in [0.15, 0.2) is 0 Å². The molecule has 0 aromatic carbocycles. The maximum Gasteiger partial charge on any atom is 0.220 e. The van der Waals surface area contributed by atoms with Gasteiger partial charge < -0.3 is 11.1 Å². The van der Waals surface area contributed by atoms with Crippen LogP contribution in [-0.4, -0.2) is 23.5 Å². The van der Waals surface area contributed by atoms with Gasteiger partial charge in [-0.25, -0.2) is 4.98 Å². The summed E-state index contributed by atoms with van der Waals surface area (Å²) in [5.41, 5.74) is 6.50. The lowest BCUT2D eigenvalue weighted by Crippen LogP contribution is -2.32. The Morgan fingerprint density at radius 1 is 1.44 bits per heavy atom. The van der Waals surface area contributed by atoms with Crippen LogP contribution < -0.4 is 11.1 Å². The molecule has 100 valence electrons. The van der Waals surface area contributed by atoms with Crippen molar-refractivity contribution in [1.29, 1.82) is 0 Å². The summed E-state index contributed by atoms with van der Waals surface area (Å²) in [6, 6.07) is 0.417. The molecule has 0 radical (unpaired) electrons. The number of thiazole rings is 1. The van der Waals surface area contributed by atoms with E-state index in [1.807, 2.05) is 5.38 Å². The first kappa shape index (κ1) is 13.5. The molecule has 4 nitrogen and oxygen atoms in total. The summed E-state index contributed by atoms with van der Waals surface area (Å²) >= 11 is 1.64. The minimum absolute atomic E-state index is 0.162. The molecule has 0 unspecified atom stereocenters. The average molecular weight is 267 g/mol. The van der Waals surface area contributed by atoms with Crippen molar-refractivity contribution in [2.45, 2.75) is 51.0 Å². The molecule has 1 aromatic heterocycles. The van der Waals surface area contributed by atoms with E-state index in [1.54, 1.807) is 11.3 Å². The van der Waals surface area contributed by atoms with Gasteiger partial charge in [-0.3, -0.25) is 4.79 Å². The highest BCUT2D eigenvalue weighted by Gasteiger charge is 2.16. The molecule has 0 spiro atoms. The van der Waals surface area contributed by atoms with Crippen molar-refractivity contribution in [2.75, 3.05) is 6.54 Å². The Morgan fingerprint density at radius 2 is 2.22 bits per heavy atom. The summed E-state index contributed by atoms with van der Waals surface area (Å²) in [4.78, 5) is 16.2. The number of carbonyl (C=O) groups excluding carboxylic acids is 1. The van der Waals surface area contributed by atoms with Crippen LogP contribution in [0.15, 0.2) is 5.38 Å². The van der Waals surface area contributed by atoms with E-state index in [-0.39, 0.29) is 5.91 Å². The molecule has 18 heavy (non-hydrogen) atoms. The first-order valence-electron chi connectivity index (χ1n) is 6.70. The average Bonchev–Trinajstić information content (AvgIpc) is 2.99. The second kappa shape index (κ2) is 6.85. The van der Waals surface area contributed by atoms with Crippen LogP contribution >= 0.6 is 11.3 Å². The van der Waals surface area contributed by atoms with Crippen molar-refractivity contribution in [3.05, 3.63) is 16.1 Å². The topological polar surface area (TPSA) is 68.0 Å². The Balaban J connectivity index is 1.70. The van der Waals surface area contributed by atoms with Gasteiger partial charge in [0.25, 0.3) is 0 Å². The standard InChI is InChI=1S/C13H21N3OS/c14-8-7-13-16-11(9-18-13)5-6-12(17)15-10-3-1-2-4-10/h9-10H,1-8,14H2,(H,15,17). The third kappa shape index (κ3) is 4.07. The fourth-order valence-electron chi connectivity index (χ4n) is 2.31. The SMILES string of the molecule is NCCc1nc(CCC(=O)NC2CCCC2)cs1. The number of aromatic nitrogens is 1. The van der Waals surface area contributed by atoms with Crippen molar-refractivity contribution in [2.24, 2.45) is 5.73 Å². The molecule has 1 fully saturated rings. The minimum atomic E-state index is 0.162. The molecule has 1 saturated carbocycles. The van der Waals surface area contributed by atoms with Gasteiger partial charge in [-0.1, -0.05) is 12.8 Å². The van der Waals surface area contributed by atoms with Crippen LogP contribution in [0.25, 0.3) is 0 Å². The van der Waals surface area contributed by atoms with E-state index in [1.165, 1.54) is 12.8 Å². The van der Waals surface area contributed by atoms with E-state index in [0.29, 0.717) is 19.0 Å². The molecule has 3 N–H and O–H groups in total. The number of hydrogen-bond acceptors (Lipinski definition) is 4. The van der Waals surface area contributed by atoms with Gasteiger partial charge in [0, 0.05) is 24.3 Å². The summed E-state index contributed by atoms with van der Waals surface area (Å²) in [6.45, 7) is 0.634. The monoisotopic (exact) mass is 267 g/mol. The third-order valence-electron chi connectivity index (χ3n) is 3.29. The van der Waals surface area contributed by atoms with Gasteiger partial charge in [-0.15, -0.1) is 11.3 Å². The van der Waals surface area contributed by atoms with Crippen LogP contribution in [0.2, 0.25) is 0 Å². The van der Waals surface area contributed by atoms with E-state index < -0.39 is 0 Å². The van der Waals surface area contributed by atoms with Gasteiger partial charge >= 0.3 is 0 Å². The molecule has 1 amide bonds. The summed E-state index contributed by atoms with van der Waals surface area (Å²) in [5, 5.41) is 6.21. The Labute approximate surface area is 112 Å². The number of nitrogens with zero attached hydrogens (tertiary/aromatic N) is 1. The zero-order valence-corrected chi connectivity index (χ0v) is 11.5. The highest BCUT2D eigenvalue weighted by Crippen LogP contribution is 2.18. The third-order valence-corrected chi connectivity index (χ3v) is 4.24. The van der Waals surface area contributed by atoms with E-state index >= 15 is 0 Å². The van der Waals surface area contributed by atoms with Gasteiger partial charge in [0.05, 0.1) is 10.7 Å². The largest absolute Gasteiger partial charge is 0.353 e. The highest BCUT2D eigenvalue weighted by atomic mass is 32.1. The lowest BCUT2D eigenvalue weighted by atomic mass is 10.2. The molecule has 0 bridgehead atoms.